The van der Waals surface area contributed by atoms with E-state index in [2.05, 4.69) is 5.32 Å². The molecule has 2 aromatic rings. The molecule has 1 aromatic heterocycles. The lowest BCUT2D eigenvalue weighted by atomic mass is 10.0. The number of fused-ring (bicyclic) bond motifs is 1. The van der Waals surface area contributed by atoms with Gasteiger partial charge in [-0.15, -0.1) is 0 Å². The second kappa shape index (κ2) is 10.1. The number of benzene rings is 1. The fourth-order valence-corrected chi connectivity index (χ4v) is 4.05. The first kappa shape index (κ1) is 23.7. The number of nitrogens with one attached hydrogen (secondary N) is 1. The number of hydrogen-bond donors (Lipinski definition) is 2. The Morgan fingerprint density at radius 3 is 2.75 bits per heavy atom. The van der Waals surface area contributed by atoms with Crippen LogP contribution in [0.5, 0.6) is 5.75 Å². The summed E-state index contributed by atoms with van der Waals surface area (Å²) in [6, 6.07) is 4.41. The molecule has 0 saturated carbocycles. The van der Waals surface area contributed by atoms with Gasteiger partial charge in [0, 0.05) is 51.2 Å². The molecule has 1 aromatic carbocycles. The standard InChI is InChI=1S/C22H25ClFN3O5/c1-3-15-16(21(30)25-12-13-6-4-7-14(23)17(13)24)19(28)20(29)18-22(31)26(8-5-11-32-2)9-10-27(15)18/h4,6-7,29H,3,5,8-12H2,1-2H3,(H,25,30). The minimum atomic E-state index is -0.927. The van der Waals surface area contributed by atoms with Crippen LogP contribution in [0, 0.1) is 5.82 Å². The number of carbonyl (C=O) groups is 2. The number of aromatic hydroxyl groups is 1. The first-order valence-electron chi connectivity index (χ1n) is 10.3. The number of amides is 2. The van der Waals surface area contributed by atoms with Crippen molar-refractivity contribution in [3.8, 4) is 5.75 Å². The average molecular weight is 466 g/mol. The Morgan fingerprint density at radius 1 is 1.31 bits per heavy atom. The Hall–Kier alpha value is -2.91. The van der Waals surface area contributed by atoms with E-state index in [1.165, 1.54) is 16.7 Å². The second-order valence-electron chi connectivity index (χ2n) is 7.39. The normalized spacial score (nSPS) is 13.2. The van der Waals surface area contributed by atoms with Gasteiger partial charge in [0.1, 0.15) is 11.4 Å². The van der Waals surface area contributed by atoms with E-state index in [9.17, 15) is 23.9 Å². The van der Waals surface area contributed by atoms with Crippen molar-refractivity contribution in [1.29, 1.82) is 0 Å². The number of methoxy groups -OCH3 is 1. The number of rotatable bonds is 8. The number of halogens is 2. The highest BCUT2D eigenvalue weighted by molar-refractivity contribution is 6.30. The minimum absolute atomic E-state index is 0.0777. The Bertz CT molecular complexity index is 1100. The molecule has 0 fully saturated rings. The van der Waals surface area contributed by atoms with Crippen LogP contribution in [0.15, 0.2) is 23.0 Å². The van der Waals surface area contributed by atoms with Gasteiger partial charge in [-0.25, -0.2) is 4.39 Å². The highest BCUT2D eigenvalue weighted by Crippen LogP contribution is 2.24. The number of aromatic nitrogens is 1. The van der Waals surface area contributed by atoms with Gasteiger partial charge >= 0.3 is 0 Å². The van der Waals surface area contributed by atoms with E-state index in [0.29, 0.717) is 38.4 Å². The number of carbonyl (C=O) groups excluding carboxylic acids is 2. The highest BCUT2D eigenvalue weighted by atomic mass is 35.5. The molecular formula is C22H25ClFN3O5. The van der Waals surface area contributed by atoms with E-state index in [1.54, 1.807) is 25.0 Å². The van der Waals surface area contributed by atoms with Crippen LogP contribution in [0.25, 0.3) is 0 Å². The quantitative estimate of drug-likeness (QED) is 0.583. The zero-order valence-corrected chi connectivity index (χ0v) is 18.7. The first-order valence-corrected chi connectivity index (χ1v) is 10.7. The van der Waals surface area contributed by atoms with Gasteiger partial charge in [-0.2, -0.15) is 0 Å². The van der Waals surface area contributed by atoms with Crippen LogP contribution in [0.4, 0.5) is 4.39 Å². The lowest BCUT2D eigenvalue weighted by molar-refractivity contribution is 0.0673. The predicted molar refractivity (Wildman–Crippen MR) is 117 cm³/mol. The molecule has 0 atom stereocenters. The molecule has 0 saturated heterocycles. The van der Waals surface area contributed by atoms with E-state index in [-0.39, 0.29) is 34.8 Å². The fourth-order valence-electron chi connectivity index (χ4n) is 3.85. The van der Waals surface area contributed by atoms with Crippen LogP contribution in [0.1, 0.15) is 45.4 Å². The van der Waals surface area contributed by atoms with Crippen molar-refractivity contribution < 1.29 is 23.8 Å². The molecule has 1 aliphatic rings. The lowest BCUT2D eigenvalue weighted by Crippen LogP contribution is -2.44. The van der Waals surface area contributed by atoms with Gasteiger partial charge < -0.3 is 24.6 Å². The fraction of sp³-hybridized carbons (Fsp3) is 0.409. The summed E-state index contributed by atoms with van der Waals surface area (Å²) >= 11 is 5.77. The summed E-state index contributed by atoms with van der Waals surface area (Å²) in [6.45, 7) is 3.17. The van der Waals surface area contributed by atoms with Crippen molar-refractivity contribution in [2.75, 3.05) is 26.8 Å². The van der Waals surface area contributed by atoms with E-state index in [4.69, 9.17) is 16.3 Å². The van der Waals surface area contributed by atoms with Crippen molar-refractivity contribution in [1.82, 2.24) is 14.8 Å². The molecule has 0 spiro atoms. The maximum atomic E-state index is 14.1. The van der Waals surface area contributed by atoms with Crippen molar-refractivity contribution in [3.05, 3.63) is 61.8 Å². The molecule has 32 heavy (non-hydrogen) atoms. The first-order chi connectivity index (χ1) is 15.3. The van der Waals surface area contributed by atoms with Crippen molar-refractivity contribution in [3.63, 3.8) is 0 Å². The summed E-state index contributed by atoms with van der Waals surface area (Å²) < 4.78 is 20.7. The van der Waals surface area contributed by atoms with Gasteiger partial charge in [-0.3, -0.25) is 14.4 Å². The molecule has 0 radical (unpaired) electrons. The summed E-state index contributed by atoms with van der Waals surface area (Å²) in [7, 11) is 1.57. The van der Waals surface area contributed by atoms with E-state index in [1.807, 2.05) is 0 Å². The molecule has 2 amide bonds. The van der Waals surface area contributed by atoms with Gasteiger partial charge in [-0.05, 0) is 18.9 Å². The average Bonchev–Trinajstić information content (AvgIpc) is 2.78. The van der Waals surface area contributed by atoms with Gasteiger partial charge in [0.25, 0.3) is 11.8 Å². The van der Waals surface area contributed by atoms with Crippen LogP contribution >= 0.6 is 11.6 Å². The zero-order chi connectivity index (χ0) is 23.4. The van der Waals surface area contributed by atoms with Gasteiger partial charge in [-0.1, -0.05) is 30.7 Å². The Labute approximate surface area is 189 Å². The maximum absolute atomic E-state index is 14.1. The van der Waals surface area contributed by atoms with E-state index >= 15 is 0 Å². The number of ether oxygens (including phenoxy) is 1. The van der Waals surface area contributed by atoms with Crippen LogP contribution in [-0.2, 0) is 24.2 Å². The maximum Gasteiger partial charge on any atom is 0.274 e. The third-order valence-electron chi connectivity index (χ3n) is 5.44. The minimum Gasteiger partial charge on any atom is -0.503 e. The molecule has 0 unspecified atom stereocenters. The van der Waals surface area contributed by atoms with Crippen LogP contribution in [0.3, 0.4) is 0 Å². The van der Waals surface area contributed by atoms with Crippen LogP contribution < -0.4 is 10.7 Å². The molecule has 0 aliphatic carbocycles. The molecule has 0 bridgehead atoms. The third-order valence-corrected chi connectivity index (χ3v) is 5.74. The lowest BCUT2D eigenvalue weighted by Gasteiger charge is -2.32. The number of nitrogens with zero attached hydrogens (tertiary/aromatic N) is 2. The summed E-state index contributed by atoms with van der Waals surface area (Å²) in [4.78, 5) is 40.2. The summed E-state index contributed by atoms with van der Waals surface area (Å²) in [5.74, 6) is -2.64. The van der Waals surface area contributed by atoms with Crippen molar-refractivity contribution in [2.45, 2.75) is 32.9 Å². The molecule has 3 rings (SSSR count). The Kier molecular flexibility index (Phi) is 7.52. The summed E-state index contributed by atoms with van der Waals surface area (Å²) in [5, 5.41) is 13.0. The third kappa shape index (κ3) is 4.49. The van der Waals surface area contributed by atoms with E-state index < -0.39 is 28.8 Å². The van der Waals surface area contributed by atoms with E-state index in [0.717, 1.165) is 0 Å². The molecule has 8 nitrogen and oxygen atoms in total. The summed E-state index contributed by atoms with van der Waals surface area (Å²) in [5.41, 5.74) is -0.793. The Morgan fingerprint density at radius 2 is 2.06 bits per heavy atom. The number of pyridine rings is 1. The molecule has 10 heteroatoms. The topological polar surface area (TPSA) is 101 Å². The molecule has 1 aliphatic heterocycles. The monoisotopic (exact) mass is 465 g/mol. The smallest absolute Gasteiger partial charge is 0.274 e. The van der Waals surface area contributed by atoms with Crippen LogP contribution in [-0.4, -0.2) is 53.2 Å². The molecular weight excluding hydrogens is 441 g/mol. The zero-order valence-electron chi connectivity index (χ0n) is 17.9. The predicted octanol–water partition coefficient (Wildman–Crippen LogP) is 2.33. The van der Waals surface area contributed by atoms with Crippen molar-refractivity contribution >= 4 is 23.4 Å². The second-order valence-corrected chi connectivity index (χ2v) is 7.79. The SMILES string of the molecule is CCc1c(C(=O)NCc2cccc(Cl)c2F)c(=O)c(O)c2n1CCN(CCCOC)C2=O. The largest absolute Gasteiger partial charge is 0.503 e. The number of hydrogen-bond acceptors (Lipinski definition) is 5. The molecule has 2 heterocycles. The van der Waals surface area contributed by atoms with Gasteiger partial charge in [0.15, 0.2) is 11.4 Å². The summed E-state index contributed by atoms with van der Waals surface area (Å²) in [6.07, 6.45) is 0.905. The molecule has 172 valence electrons. The van der Waals surface area contributed by atoms with Crippen molar-refractivity contribution in [2.24, 2.45) is 0 Å². The highest BCUT2D eigenvalue weighted by Gasteiger charge is 2.33. The van der Waals surface area contributed by atoms with Gasteiger partial charge in [0.2, 0.25) is 5.43 Å². The molecule has 2 N–H and O–H groups in total. The van der Waals surface area contributed by atoms with Crippen LogP contribution in [0.2, 0.25) is 5.02 Å². The Balaban J connectivity index is 1.93. The van der Waals surface area contributed by atoms with Gasteiger partial charge in [0.05, 0.1) is 5.02 Å².